The zero-order chi connectivity index (χ0) is 15.7. The predicted octanol–water partition coefficient (Wildman–Crippen LogP) is 4.47. The summed E-state index contributed by atoms with van der Waals surface area (Å²) in [4.78, 5) is 19.5. The molecular weight excluding hydrogens is 310 g/mol. The molecule has 0 unspecified atom stereocenters. The van der Waals surface area contributed by atoms with Gasteiger partial charge in [0.15, 0.2) is 0 Å². The van der Waals surface area contributed by atoms with E-state index in [1.54, 1.807) is 6.92 Å². The Balaban J connectivity index is 0.00000192. The maximum absolute atomic E-state index is 11.6. The van der Waals surface area contributed by atoms with E-state index in [0.29, 0.717) is 5.57 Å². The molecule has 1 aromatic heterocycles. The molecule has 0 aliphatic heterocycles. The van der Waals surface area contributed by atoms with Crippen LogP contribution in [0, 0.1) is 6.92 Å². The summed E-state index contributed by atoms with van der Waals surface area (Å²) >= 11 is 0. The Morgan fingerprint density at radius 2 is 1.87 bits per heavy atom. The number of nitrogens with one attached hydrogen (secondary N) is 2. The summed E-state index contributed by atoms with van der Waals surface area (Å²) in [6.45, 7) is 7.36. The molecule has 2 N–H and O–H groups in total. The smallest absolute Gasteiger partial charge is 0.250 e. The highest BCUT2D eigenvalue weighted by Gasteiger charge is 2.07. The Hall–Kier alpha value is -2.59. The third-order valence-electron chi connectivity index (χ3n) is 3.44. The number of carbonyl (C=O) groups excluding carboxylic acids is 1. The molecular formula is C18H18ClN3O. The summed E-state index contributed by atoms with van der Waals surface area (Å²) in [5.74, 6) is 0.644. The lowest BCUT2D eigenvalue weighted by atomic mass is 10.2. The van der Waals surface area contributed by atoms with Crippen molar-refractivity contribution in [3.63, 3.8) is 0 Å². The second-order valence-corrected chi connectivity index (χ2v) is 5.42. The molecule has 0 radical (unpaired) electrons. The van der Waals surface area contributed by atoms with Gasteiger partial charge in [0.1, 0.15) is 5.82 Å². The maximum Gasteiger partial charge on any atom is 0.250 e. The van der Waals surface area contributed by atoms with E-state index >= 15 is 0 Å². The lowest BCUT2D eigenvalue weighted by Crippen LogP contribution is -2.11. The molecule has 4 nitrogen and oxygen atoms in total. The van der Waals surface area contributed by atoms with Crippen molar-refractivity contribution in [2.75, 3.05) is 5.32 Å². The van der Waals surface area contributed by atoms with Crippen LogP contribution in [0.1, 0.15) is 12.5 Å². The number of hydrogen-bond acceptors (Lipinski definition) is 2. The molecule has 5 heteroatoms. The van der Waals surface area contributed by atoms with E-state index in [9.17, 15) is 4.79 Å². The van der Waals surface area contributed by atoms with Crippen LogP contribution >= 0.6 is 12.4 Å². The SMILES string of the molecule is C=C(C)C(=O)Nc1ccc(-c2nc3ccc(C)cc3[nH]2)cc1.Cl. The molecule has 0 aliphatic rings. The van der Waals surface area contributed by atoms with Crippen molar-refractivity contribution < 1.29 is 4.79 Å². The van der Waals surface area contributed by atoms with Crippen LogP contribution in [0.4, 0.5) is 5.69 Å². The van der Waals surface area contributed by atoms with E-state index in [1.165, 1.54) is 5.56 Å². The highest BCUT2D eigenvalue weighted by Crippen LogP contribution is 2.22. The summed E-state index contributed by atoms with van der Waals surface area (Å²) < 4.78 is 0. The largest absolute Gasteiger partial charge is 0.338 e. The minimum absolute atomic E-state index is 0. The first-order valence-corrected chi connectivity index (χ1v) is 7.06. The average Bonchev–Trinajstić information content (AvgIpc) is 2.90. The van der Waals surface area contributed by atoms with E-state index < -0.39 is 0 Å². The van der Waals surface area contributed by atoms with Crippen molar-refractivity contribution in [1.29, 1.82) is 0 Å². The number of fused-ring (bicyclic) bond motifs is 1. The number of aryl methyl sites for hydroxylation is 1. The van der Waals surface area contributed by atoms with Crippen molar-refractivity contribution in [1.82, 2.24) is 9.97 Å². The number of anilines is 1. The van der Waals surface area contributed by atoms with Gasteiger partial charge in [-0.25, -0.2) is 4.98 Å². The number of hydrogen-bond donors (Lipinski definition) is 2. The van der Waals surface area contributed by atoms with Gasteiger partial charge < -0.3 is 10.3 Å². The molecule has 0 atom stereocenters. The van der Waals surface area contributed by atoms with Crippen LogP contribution in [0.5, 0.6) is 0 Å². The summed E-state index contributed by atoms with van der Waals surface area (Å²) in [7, 11) is 0. The van der Waals surface area contributed by atoms with Gasteiger partial charge in [-0.2, -0.15) is 0 Å². The van der Waals surface area contributed by atoms with Crippen LogP contribution in [-0.4, -0.2) is 15.9 Å². The molecule has 3 aromatic rings. The Morgan fingerprint density at radius 3 is 2.52 bits per heavy atom. The number of imidazole rings is 1. The van der Waals surface area contributed by atoms with E-state index in [4.69, 9.17) is 0 Å². The first kappa shape index (κ1) is 16.8. The maximum atomic E-state index is 11.6. The zero-order valence-electron chi connectivity index (χ0n) is 13.0. The van der Waals surface area contributed by atoms with Gasteiger partial charge in [0.05, 0.1) is 11.0 Å². The van der Waals surface area contributed by atoms with Crippen LogP contribution in [0.2, 0.25) is 0 Å². The number of rotatable bonds is 3. The fourth-order valence-corrected chi connectivity index (χ4v) is 2.21. The Kier molecular flexibility index (Phi) is 4.86. The number of benzene rings is 2. The van der Waals surface area contributed by atoms with Crippen LogP contribution in [0.25, 0.3) is 22.4 Å². The van der Waals surface area contributed by atoms with Crippen molar-refractivity contribution in [3.8, 4) is 11.4 Å². The molecule has 2 aromatic carbocycles. The normalized spacial score (nSPS) is 10.2. The Bertz CT molecular complexity index is 866. The monoisotopic (exact) mass is 327 g/mol. The van der Waals surface area contributed by atoms with Crippen LogP contribution in [0.15, 0.2) is 54.6 Å². The molecule has 1 amide bonds. The number of aromatic nitrogens is 2. The zero-order valence-corrected chi connectivity index (χ0v) is 13.8. The molecule has 0 saturated carbocycles. The molecule has 0 fully saturated rings. The molecule has 3 rings (SSSR count). The molecule has 0 spiro atoms. The molecule has 118 valence electrons. The highest BCUT2D eigenvalue weighted by atomic mass is 35.5. The first-order chi connectivity index (χ1) is 10.5. The van der Waals surface area contributed by atoms with Crippen molar-refractivity contribution in [3.05, 3.63) is 60.2 Å². The van der Waals surface area contributed by atoms with Crippen molar-refractivity contribution >= 4 is 35.0 Å². The van der Waals surface area contributed by atoms with Gasteiger partial charge in [-0.05, 0) is 55.8 Å². The number of H-pyrrole nitrogens is 1. The van der Waals surface area contributed by atoms with Gasteiger partial charge >= 0.3 is 0 Å². The van der Waals surface area contributed by atoms with E-state index in [-0.39, 0.29) is 18.3 Å². The van der Waals surface area contributed by atoms with E-state index in [1.807, 2.05) is 36.4 Å². The summed E-state index contributed by atoms with van der Waals surface area (Å²) in [5.41, 5.74) is 5.36. The Morgan fingerprint density at radius 1 is 1.17 bits per heavy atom. The van der Waals surface area contributed by atoms with Gasteiger partial charge in [-0.1, -0.05) is 12.6 Å². The minimum atomic E-state index is -0.174. The third-order valence-corrected chi connectivity index (χ3v) is 3.44. The van der Waals surface area contributed by atoms with Crippen LogP contribution in [-0.2, 0) is 4.79 Å². The fourth-order valence-electron chi connectivity index (χ4n) is 2.21. The number of amides is 1. The summed E-state index contributed by atoms with van der Waals surface area (Å²) in [6, 6.07) is 13.7. The predicted molar refractivity (Wildman–Crippen MR) is 97.0 cm³/mol. The summed E-state index contributed by atoms with van der Waals surface area (Å²) in [5, 5.41) is 2.79. The van der Waals surface area contributed by atoms with Crippen molar-refractivity contribution in [2.24, 2.45) is 0 Å². The second kappa shape index (κ2) is 6.67. The molecule has 0 bridgehead atoms. The average molecular weight is 328 g/mol. The number of nitrogens with zero attached hydrogens (tertiary/aromatic N) is 1. The van der Waals surface area contributed by atoms with Gasteiger partial charge in [0.25, 0.3) is 5.91 Å². The van der Waals surface area contributed by atoms with E-state index in [2.05, 4.69) is 34.9 Å². The molecule has 0 aliphatic carbocycles. The summed E-state index contributed by atoms with van der Waals surface area (Å²) in [6.07, 6.45) is 0. The highest BCUT2D eigenvalue weighted by molar-refractivity contribution is 6.02. The topological polar surface area (TPSA) is 57.8 Å². The van der Waals surface area contributed by atoms with Crippen molar-refractivity contribution in [2.45, 2.75) is 13.8 Å². The second-order valence-electron chi connectivity index (χ2n) is 5.42. The number of carbonyl (C=O) groups is 1. The molecule has 0 saturated heterocycles. The minimum Gasteiger partial charge on any atom is -0.338 e. The Labute approximate surface area is 141 Å². The molecule has 1 heterocycles. The lowest BCUT2D eigenvalue weighted by molar-refractivity contribution is -0.112. The van der Waals surface area contributed by atoms with E-state index in [0.717, 1.165) is 28.1 Å². The van der Waals surface area contributed by atoms with Gasteiger partial charge in [-0.3, -0.25) is 4.79 Å². The quantitative estimate of drug-likeness (QED) is 0.697. The van der Waals surface area contributed by atoms with Crippen LogP contribution < -0.4 is 5.32 Å². The first-order valence-electron chi connectivity index (χ1n) is 7.06. The third kappa shape index (κ3) is 3.60. The number of halogens is 1. The fraction of sp³-hybridized carbons (Fsp3) is 0.111. The standard InChI is InChI=1S/C18H17N3O.ClH/c1-11(2)18(22)19-14-7-5-13(6-8-14)17-20-15-9-4-12(3)10-16(15)21-17;/h4-10H,1H2,2-3H3,(H,19,22)(H,20,21);1H. The van der Waals surface area contributed by atoms with Gasteiger partial charge in [-0.15, -0.1) is 12.4 Å². The van der Waals surface area contributed by atoms with Crippen LogP contribution in [0.3, 0.4) is 0 Å². The van der Waals surface area contributed by atoms with Gasteiger partial charge in [0, 0.05) is 16.8 Å². The number of aromatic amines is 1. The van der Waals surface area contributed by atoms with Gasteiger partial charge in [0.2, 0.25) is 0 Å². The lowest BCUT2D eigenvalue weighted by Gasteiger charge is -2.05. The molecule has 23 heavy (non-hydrogen) atoms.